The number of carboxylic acid groups (broad SMARTS) is 1. The predicted molar refractivity (Wildman–Crippen MR) is 143 cm³/mol. The second kappa shape index (κ2) is 15.0. The lowest BCUT2D eigenvalue weighted by Gasteiger charge is -2.32. The summed E-state index contributed by atoms with van der Waals surface area (Å²) in [5.41, 5.74) is 17.2. The van der Waals surface area contributed by atoms with E-state index in [2.05, 4.69) is 51.5 Å². The van der Waals surface area contributed by atoms with Gasteiger partial charge in [-0.3, -0.25) is 4.90 Å². The summed E-state index contributed by atoms with van der Waals surface area (Å²) in [5, 5.41) is 11.2. The van der Waals surface area contributed by atoms with Crippen molar-refractivity contribution in [2.45, 2.75) is 64.4 Å². The van der Waals surface area contributed by atoms with Crippen LogP contribution in [0.4, 0.5) is 13.2 Å². The first kappa shape index (κ1) is 32.2. The third kappa shape index (κ3) is 11.3. The fraction of sp³-hybridized carbons (Fsp3) is 0.519. The summed E-state index contributed by atoms with van der Waals surface area (Å²) in [7, 11) is 0. The van der Waals surface area contributed by atoms with Crippen molar-refractivity contribution < 1.29 is 27.9 Å². The minimum atomic E-state index is -5.08. The molecule has 3 rings (SSSR count). The molecule has 2 aromatic rings. The van der Waals surface area contributed by atoms with Crippen LogP contribution in [0, 0.1) is 11.8 Å². The number of nitrogens with two attached hydrogens (primary N) is 1. The van der Waals surface area contributed by atoms with Crippen molar-refractivity contribution in [3.63, 3.8) is 0 Å². The van der Waals surface area contributed by atoms with Crippen LogP contribution in [0.1, 0.15) is 56.2 Å². The SMILES string of the molecule is CC(C)(ON=[N+]=[N-])c1ccc(CN(Cc2ccc(Cl)cc2)CC2CCC(CN)CC2)cc1.O=C(O)C(F)(F)F. The average Bonchev–Trinajstić information content (AvgIpc) is 2.89. The molecule has 0 unspecified atom stereocenters. The fourth-order valence-corrected chi connectivity index (χ4v) is 4.62. The number of azide groups is 1. The van der Waals surface area contributed by atoms with Gasteiger partial charge in [0.05, 0.1) is 0 Å². The molecule has 0 spiro atoms. The Balaban J connectivity index is 0.000000673. The molecule has 214 valence electrons. The van der Waals surface area contributed by atoms with Crippen molar-refractivity contribution >= 4 is 17.6 Å². The molecule has 0 aromatic heterocycles. The molecule has 1 aliphatic rings. The van der Waals surface area contributed by atoms with Crippen LogP contribution < -0.4 is 5.73 Å². The molecule has 0 bridgehead atoms. The number of hydrogen-bond acceptors (Lipinski definition) is 5. The van der Waals surface area contributed by atoms with Crippen LogP contribution in [0.5, 0.6) is 0 Å². The van der Waals surface area contributed by atoms with Gasteiger partial charge in [-0.05, 0) is 92.3 Å². The first-order chi connectivity index (χ1) is 18.3. The van der Waals surface area contributed by atoms with E-state index in [0.717, 1.165) is 36.8 Å². The van der Waals surface area contributed by atoms with Crippen molar-refractivity contribution in [3.8, 4) is 0 Å². The topological polar surface area (TPSA) is 125 Å². The Labute approximate surface area is 231 Å². The van der Waals surface area contributed by atoms with Crippen LogP contribution in [0.2, 0.25) is 5.02 Å². The number of carbonyl (C=O) groups is 1. The quantitative estimate of drug-likeness (QED) is 0.135. The monoisotopic (exact) mass is 569 g/mol. The minimum absolute atomic E-state index is 0.671. The van der Waals surface area contributed by atoms with Gasteiger partial charge in [0, 0.05) is 29.6 Å². The fourth-order valence-electron chi connectivity index (χ4n) is 4.49. The number of rotatable bonds is 10. The highest BCUT2D eigenvalue weighted by atomic mass is 35.5. The Morgan fingerprint density at radius 3 is 1.95 bits per heavy atom. The van der Waals surface area contributed by atoms with Crippen molar-refractivity contribution in [1.82, 2.24) is 4.90 Å². The molecule has 0 atom stereocenters. The van der Waals surface area contributed by atoms with Gasteiger partial charge in [-0.15, -0.1) is 0 Å². The normalized spacial score (nSPS) is 17.5. The van der Waals surface area contributed by atoms with Crippen molar-refractivity contribution in [1.29, 1.82) is 0 Å². The average molecular weight is 570 g/mol. The molecule has 0 heterocycles. The maximum atomic E-state index is 10.6. The Morgan fingerprint density at radius 2 is 1.51 bits per heavy atom. The third-order valence-electron chi connectivity index (χ3n) is 6.74. The zero-order chi connectivity index (χ0) is 29.1. The van der Waals surface area contributed by atoms with Crippen molar-refractivity contribution in [2.75, 3.05) is 13.1 Å². The summed E-state index contributed by atoms with van der Waals surface area (Å²) in [5.74, 6) is -1.35. The zero-order valence-corrected chi connectivity index (χ0v) is 22.8. The van der Waals surface area contributed by atoms with Gasteiger partial charge in [0.15, 0.2) is 0 Å². The molecule has 3 N–H and O–H groups in total. The van der Waals surface area contributed by atoms with E-state index in [1.165, 1.54) is 36.8 Å². The van der Waals surface area contributed by atoms with E-state index in [9.17, 15) is 13.2 Å². The summed E-state index contributed by atoms with van der Waals surface area (Å²) in [6.07, 6.45) is -0.0957. The molecule has 1 fully saturated rings. The van der Waals surface area contributed by atoms with Gasteiger partial charge in [-0.2, -0.15) is 13.2 Å². The summed E-state index contributed by atoms with van der Waals surface area (Å²) < 4.78 is 31.7. The molecule has 0 amide bonds. The molecular weight excluding hydrogens is 535 g/mol. The lowest BCUT2D eigenvalue weighted by atomic mass is 9.82. The van der Waals surface area contributed by atoms with Gasteiger partial charge in [0.1, 0.15) is 10.9 Å². The van der Waals surface area contributed by atoms with Gasteiger partial charge in [-0.1, -0.05) is 48.0 Å². The van der Waals surface area contributed by atoms with E-state index in [1.54, 1.807) is 0 Å². The number of nitrogens with zero attached hydrogens (tertiary/aromatic N) is 4. The Hall–Kier alpha value is -2.98. The zero-order valence-electron chi connectivity index (χ0n) is 22.1. The highest BCUT2D eigenvalue weighted by Gasteiger charge is 2.38. The Morgan fingerprint density at radius 1 is 1.05 bits per heavy atom. The van der Waals surface area contributed by atoms with E-state index in [1.807, 2.05) is 26.0 Å². The van der Waals surface area contributed by atoms with Gasteiger partial charge in [0.25, 0.3) is 0 Å². The number of halogens is 4. The van der Waals surface area contributed by atoms with E-state index < -0.39 is 17.7 Å². The van der Waals surface area contributed by atoms with Gasteiger partial charge in [0.2, 0.25) is 0 Å². The highest BCUT2D eigenvalue weighted by Crippen LogP contribution is 2.30. The van der Waals surface area contributed by atoms with E-state index in [0.29, 0.717) is 11.8 Å². The number of alkyl halides is 3. The molecule has 8 nitrogen and oxygen atoms in total. The third-order valence-corrected chi connectivity index (χ3v) is 6.99. The maximum absolute atomic E-state index is 10.6. The Kier molecular flexibility index (Phi) is 12.4. The second-order valence-electron chi connectivity index (χ2n) is 10.2. The first-order valence-corrected chi connectivity index (χ1v) is 13.0. The van der Waals surface area contributed by atoms with Crippen LogP contribution in [0.15, 0.2) is 53.8 Å². The number of benzene rings is 2. The maximum Gasteiger partial charge on any atom is 0.490 e. The van der Waals surface area contributed by atoms with Gasteiger partial charge < -0.3 is 15.7 Å². The summed E-state index contributed by atoms with van der Waals surface area (Å²) in [6.45, 7) is 7.43. The van der Waals surface area contributed by atoms with Crippen LogP contribution in [0.25, 0.3) is 10.4 Å². The summed E-state index contributed by atoms with van der Waals surface area (Å²) in [6, 6.07) is 16.5. The molecule has 39 heavy (non-hydrogen) atoms. The van der Waals surface area contributed by atoms with E-state index >= 15 is 0 Å². The minimum Gasteiger partial charge on any atom is -0.475 e. The van der Waals surface area contributed by atoms with Crippen LogP contribution in [0.3, 0.4) is 0 Å². The summed E-state index contributed by atoms with van der Waals surface area (Å²) in [4.78, 5) is 19.4. The lowest BCUT2D eigenvalue weighted by Crippen LogP contribution is -2.32. The summed E-state index contributed by atoms with van der Waals surface area (Å²) >= 11 is 6.08. The van der Waals surface area contributed by atoms with E-state index in [-0.39, 0.29) is 0 Å². The number of aliphatic carboxylic acids is 1. The molecular formula is C27H35ClF3N5O3. The molecule has 1 saturated carbocycles. The van der Waals surface area contributed by atoms with Gasteiger partial charge >= 0.3 is 12.1 Å². The Bertz CT molecular complexity index is 1080. The number of hydrogen-bond donors (Lipinski definition) is 2. The second-order valence-corrected chi connectivity index (χ2v) is 10.6. The number of carboxylic acids is 1. The first-order valence-electron chi connectivity index (χ1n) is 12.6. The molecule has 0 aliphatic heterocycles. The largest absolute Gasteiger partial charge is 0.490 e. The lowest BCUT2D eigenvalue weighted by molar-refractivity contribution is -0.192. The molecule has 0 radical (unpaired) electrons. The highest BCUT2D eigenvalue weighted by molar-refractivity contribution is 6.30. The van der Waals surface area contributed by atoms with Crippen LogP contribution in [-0.2, 0) is 28.3 Å². The molecule has 12 heteroatoms. The van der Waals surface area contributed by atoms with Gasteiger partial charge in [-0.25, -0.2) is 4.79 Å². The molecule has 1 aliphatic carbocycles. The predicted octanol–water partition coefficient (Wildman–Crippen LogP) is 7.22. The van der Waals surface area contributed by atoms with Crippen LogP contribution in [-0.4, -0.2) is 35.2 Å². The molecule has 2 aromatic carbocycles. The van der Waals surface area contributed by atoms with Crippen LogP contribution >= 0.6 is 11.6 Å². The molecule has 0 saturated heterocycles. The van der Waals surface area contributed by atoms with Crippen molar-refractivity contribution in [2.24, 2.45) is 22.8 Å². The van der Waals surface area contributed by atoms with Crippen molar-refractivity contribution in [3.05, 3.63) is 80.7 Å². The standard InChI is InChI=1S/C25H34ClN5O.C2HF3O2/c1-25(2,32-30-29-28)23-11-7-21(8-12-23)17-31(18-22-9-13-24(26)14-10-22)16-20-5-3-19(15-27)4-6-20;3-2(4,5)1(6)7/h7-14,19-20H,3-6,15-18,27H2,1-2H3;(H,6,7). The van der Waals surface area contributed by atoms with E-state index in [4.69, 9.17) is 37.6 Å². The smallest absolute Gasteiger partial charge is 0.475 e.